The Balaban J connectivity index is 1.55. The number of piperidine rings is 1. The van der Waals surface area contributed by atoms with Gasteiger partial charge in [0.2, 0.25) is 5.91 Å². The van der Waals surface area contributed by atoms with E-state index < -0.39 is 0 Å². The first-order chi connectivity index (χ1) is 14.0. The van der Waals surface area contributed by atoms with E-state index in [1.165, 1.54) is 6.07 Å². The second-order valence-corrected chi connectivity index (χ2v) is 7.48. The highest BCUT2D eigenvalue weighted by Gasteiger charge is 2.27. The van der Waals surface area contributed by atoms with Crippen LogP contribution in [0.4, 0.5) is 4.39 Å². The van der Waals surface area contributed by atoms with Gasteiger partial charge >= 0.3 is 0 Å². The van der Waals surface area contributed by atoms with E-state index in [1.54, 1.807) is 20.3 Å². The summed E-state index contributed by atoms with van der Waals surface area (Å²) in [5.41, 5.74) is 1.59. The third kappa shape index (κ3) is 5.26. The number of carbonyl (C=O) groups excluding carboxylic acids is 1. The summed E-state index contributed by atoms with van der Waals surface area (Å²) in [5.74, 6) is 1.29. The van der Waals surface area contributed by atoms with Gasteiger partial charge in [0.05, 0.1) is 20.3 Å². The number of halogens is 1. The molecule has 29 heavy (non-hydrogen) atoms. The summed E-state index contributed by atoms with van der Waals surface area (Å²) in [7, 11) is 3.23. The number of rotatable bonds is 7. The lowest BCUT2D eigenvalue weighted by Crippen LogP contribution is -2.41. The summed E-state index contributed by atoms with van der Waals surface area (Å²) < 4.78 is 24.6. The van der Waals surface area contributed by atoms with Crippen molar-refractivity contribution in [2.75, 3.05) is 27.3 Å². The normalized spacial score (nSPS) is 16.3. The Labute approximate surface area is 171 Å². The van der Waals surface area contributed by atoms with Crippen LogP contribution < -0.4 is 14.8 Å². The highest BCUT2D eigenvalue weighted by atomic mass is 19.1. The average Bonchev–Trinajstić information content (AvgIpc) is 2.75. The molecule has 1 N–H and O–H groups in total. The molecule has 1 aliphatic rings. The molecule has 0 aromatic heterocycles. The van der Waals surface area contributed by atoms with Crippen LogP contribution in [-0.4, -0.2) is 38.1 Å². The molecular formula is C23H29FN2O3. The van der Waals surface area contributed by atoms with E-state index in [1.807, 2.05) is 37.3 Å². The van der Waals surface area contributed by atoms with Gasteiger partial charge in [-0.2, -0.15) is 0 Å². The Bertz CT molecular complexity index is 835. The second-order valence-electron chi connectivity index (χ2n) is 7.48. The van der Waals surface area contributed by atoms with Crippen LogP contribution in [-0.2, 0) is 11.3 Å². The predicted octanol–water partition coefficient (Wildman–Crippen LogP) is 3.93. The van der Waals surface area contributed by atoms with Gasteiger partial charge in [0.15, 0.2) is 0 Å². The summed E-state index contributed by atoms with van der Waals surface area (Å²) in [4.78, 5) is 15.0. The molecule has 0 saturated carbocycles. The molecule has 3 rings (SSSR count). The number of amides is 1. The fraction of sp³-hybridized carbons (Fsp3) is 0.435. The molecular weight excluding hydrogens is 371 g/mol. The first kappa shape index (κ1) is 21.1. The van der Waals surface area contributed by atoms with Gasteiger partial charge in [-0.3, -0.25) is 9.69 Å². The molecule has 1 aliphatic heterocycles. The zero-order valence-corrected chi connectivity index (χ0v) is 17.3. The van der Waals surface area contributed by atoms with Crippen LogP contribution in [0, 0.1) is 11.7 Å². The molecule has 0 bridgehead atoms. The standard InChI is InChI=1S/C23H29FN2O3/c1-16(20-14-19(28-2)8-9-22(20)29-3)25-23(27)17-10-12-26(13-11-17)15-18-6-4-5-7-21(18)24/h4-9,14,16-17H,10-13,15H2,1-3H3,(H,25,27)/t16-/m0/s1. The van der Waals surface area contributed by atoms with Gasteiger partial charge in [0.1, 0.15) is 17.3 Å². The molecule has 0 spiro atoms. The number of methoxy groups -OCH3 is 2. The van der Waals surface area contributed by atoms with Gasteiger partial charge in [-0.1, -0.05) is 18.2 Å². The average molecular weight is 400 g/mol. The smallest absolute Gasteiger partial charge is 0.223 e. The van der Waals surface area contributed by atoms with Crippen molar-refractivity contribution in [3.63, 3.8) is 0 Å². The molecule has 1 heterocycles. The lowest BCUT2D eigenvalue weighted by atomic mass is 9.94. The zero-order chi connectivity index (χ0) is 20.8. The van der Waals surface area contributed by atoms with E-state index in [2.05, 4.69) is 10.2 Å². The topological polar surface area (TPSA) is 50.8 Å². The Kier molecular flexibility index (Phi) is 7.09. The minimum absolute atomic E-state index is 0.0362. The summed E-state index contributed by atoms with van der Waals surface area (Å²) in [6.07, 6.45) is 1.53. The molecule has 1 fully saturated rings. The number of hydrogen-bond acceptors (Lipinski definition) is 4. The molecule has 1 amide bonds. The summed E-state index contributed by atoms with van der Waals surface area (Å²) in [5, 5.41) is 3.11. The molecule has 0 unspecified atom stereocenters. The first-order valence-electron chi connectivity index (χ1n) is 10.00. The van der Waals surface area contributed by atoms with Gasteiger partial charge in [-0.25, -0.2) is 4.39 Å². The van der Waals surface area contributed by atoms with Crippen molar-refractivity contribution < 1.29 is 18.7 Å². The Morgan fingerprint density at radius 1 is 1.17 bits per heavy atom. The van der Waals surface area contributed by atoms with Crippen LogP contribution in [0.1, 0.15) is 36.9 Å². The lowest BCUT2D eigenvalue weighted by Gasteiger charge is -2.32. The van der Waals surface area contributed by atoms with Crippen LogP contribution in [0.3, 0.4) is 0 Å². The van der Waals surface area contributed by atoms with Gasteiger partial charge < -0.3 is 14.8 Å². The van der Waals surface area contributed by atoms with Gasteiger partial charge in [-0.05, 0) is 57.1 Å². The van der Waals surface area contributed by atoms with Crippen LogP contribution in [0.5, 0.6) is 11.5 Å². The Morgan fingerprint density at radius 3 is 2.55 bits per heavy atom. The fourth-order valence-corrected chi connectivity index (χ4v) is 3.81. The number of likely N-dealkylation sites (tertiary alicyclic amines) is 1. The Hall–Kier alpha value is -2.60. The van der Waals surface area contributed by atoms with Crippen molar-refractivity contribution >= 4 is 5.91 Å². The molecule has 5 nitrogen and oxygen atoms in total. The number of benzene rings is 2. The van der Waals surface area contributed by atoms with E-state index >= 15 is 0 Å². The zero-order valence-electron chi connectivity index (χ0n) is 17.3. The number of hydrogen-bond donors (Lipinski definition) is 1. The van der Waals surface area contributed by atoms with Crippen molar-refractivity contribution in [1.29, 1.82) is 0 Å². The number of nitrogens with one attached hydrogen (secondary N) is 1. The number of carbonyl (C=O) groups is 1. The van der Waals surface area contributed by atoms with Gasteiger partial charge in [0.25, 0.3) is 0 Å². The van der Waals surface area contributed by atoms with E-state index in [-0.39, 0.29) is 23.7 Å². The van der Waals surface area contributed by atoms with Crippen molar-refractivity contribution in [3.8, 4) is 11.5 Å². The van der Waals surface area contributed by atoms with E-state index in [0.29, 0.717) is 12.1 Å². The van der Waals surface area contributed by atoms with E-state index in [9.17, 15) is 9.18 Å². The second kappa shape index (κ2) is 9.74. The van der Waals surface area contributed by atoms with Crippen molar-refractivity contribution in [2.45, 2.75) is 32.4 Å². The maximum absolute atomic E-state index is 13.9. The molecule has 1 saturated heterocycles. The molecule has 156 valence electrons. The number of ether oxygens (including phenoxy) is 2. The van der Waals surface area contributed by atoms with Crippen molar-refractivity contribution in [3.05, 3.63) is 59.4 Å². The lowest BCUT2D eigenvalue weighted by molar-refractivity contribution is -0.127. The van der Waals surface area contributed by atoms with Crippen molar-refractivity contribution in [2.24, 2.45) is 5.92 Å². The van der Waals surface area contributed by atoms with Crippen molar-refractivity contribution in [1.82, 2.24) is 10.2 Å². The molecule has 1 atom stereocenters. The highest BCUT2D eigenvalue weighted by Crippen LogP contribution is 2.30. The molecule has 2 aromatic rings. The molecule has 2 aromatic carbocycles. The monoisotopic (exact) mass is 400 g/mol. The third-order valence-electron chi connectivity index (χ3n) is 5.57. The van der Waals surface area contributed by atoms with E-state index in [0.717, 1.165) is 43.0 Å². The predicted molar refractivity (Wildman–Crippen MR) is 111 cm³/mol. The van der Waals surface area contributed by atoms with Crippen LogP contribution in [0.15, 0.2) is 42.5 Å². The molecule has 0 aliphatic carbocycles. The van der Waals surface area contributed by atoms with Crippen LogP contribution in [0.25, 0.3) is 0 Å². The summed E-state index contributed by atoms with van der Waals surface area (Å²) in [6, 6.07) is 12.2. The number of nitrogens with zero attached hydrogens (tertiary/aromatic N) is 1. The fourth-order valence-electron chi connectivity index (χ4n) is 3.81. The third-order valence-corrected chi connectivity index (χ3v) is 5.57. The summed E-state index contributed by atoms with van der Waals surface area (Å²) in [6.45, 7) is 4.09. The quantitative estimate of drug-likeness (QED) is 0.765. The maximum Gasteiger partial charge on any atom is 0.223 e. The molecule has 6 heteroatoms. The Morgan fingerprint density at radius 2 is 1.90 bits per heavy atom. The largest absolute Gasteiger partial charge is 0.497 e. The molecule has 0 radical (unpaired) electrons. The SMILES string of the molecule is COc1ccc(OC)c([C@H](C)NC(=O)C2CCN(Cc3ccccc3F)CC2)c1. The van der Waals surface area contributed by atoms with Crippen LogP contribution >= 0.6 is 0 Å². The van der Waals surface area contributed by atoms with E-state index in [4.69, 9.17) is 9.47 Å². The highest BCUT2D eigenvalue weighted by molar-refractivity contribution is 5.79. The van der Waals surface area contributed by atoms with Gasteiger partial charge in [-0.15, -0.1) is 0 Å². The minimum atomic E-state index is -0.191. The minimum Gasteiger partial charge on any atom is -0.497 e. The first-order valence-corrected chi connectivity index (χ1v) is 10.00. The summed E-state index contributed by atoms with van der Waals surface area (Å²) >= 11 is 0. The van der Waals surface area contributed by atoms with Gasteiger partial charge in [0, 0.05) is 23.6 Å². The van der Waals surface area contributed by atoms with Crippen LogP contribution in [0.2, 0.25) is 0 Å². The maximum atomic E-state index is 13.9.